The molecule has 0 aliphatic rings. The molecule has 0 unspecified atom stereocenters. The van der Waals surface area contributed by atoms with E-state index < -0.39 is 9.15 Å². The first kappa shape index (κ1) is 26.2. The van der Waals surface area contributed by atoms with Crippen LogP contribution in [0.25, 0.3) is 0 Å². The van der Waals surface area contributed by atoms with Crippen molar-refractivity contribution in [2.45, 2.75) is 110 Å². The van der Waals surface area contributed by atoms with Gasteiger partial charge in [0.15, 0.2) is 0 Å². The molecule has 0 atom stereocenters. The van der Waals surface area contributed by atoms with Crippen LogP contribution in [-0.2, 0) is 9.15 Å². The van der Waals surface area contributed by atoms with E-state index in [1.165, 1.54) is 96.3 Å². The van der Waals surface area contributed by atoms with Crippen LogP contribution >= 0.6 is 10.8 Å². The molecule has 6 heteroatoms. The summed E-state index contributed by atoms with van der Waals surface area (Å²) >= 11 is 0. The van der Waals surface area contributed by atoms with Gasteiger partial charge in [0, 0.05) is 12.3 Å². The van der Waals surface area contributed by atoms with E-state index in [0.717, 1.165) is 13.0 Å². The van der Waals surface area contributed by atoms with Gasteiger partial charge in [0.25, 0.3) is 0 Å². The summed E-state index contributed by atoms with van der Waals surface area (Å²) in [5, 5.41) is 3.21. The highest BCUT2D eigenvalue weighted by molar-refractivity contribution is 8.69. The lowest BCUT2D eigenvalue weighted by Crippen LogP contribution is -2.18. The third-order valence-corrected chi connectivity index (χ3v) is 6.78. The number of nitrogens with one attached hydrogen (secondary N) is 1. The molecule has 26 heavy (non-hydrogen) atoms. The number of hydrogen-bond acceptors (Lipinski definition) is 4. The predicted molar refractivity (Wildman–Crippen MR) is 116 cm³/mol. The van der Waals surface area contributed by atoms with Crippen molar-refractivity contribution in [2.24, 2.45) is 0 Å². The Morgan fingerprint density at radius 2 is 1.04 bits per heavy atom. The molecule has 0 amide bonds. The van der Waals surface area contributed by atoms with Crippen molar-refractivity contribution in [1.82, 2.24) is 5.32 Å². The molecule has 0 aromatic rings. The molecule has 0 fully saturated rings. The first-order valence-corrected chi connectivity index (χ1v) is 13.8. The summed E-state index contributed by atoms with van der Waals surface area (Å²) in [5.41, 5.74) is 0. The largest absolute Gasteiger partial charge is 0.319 e. The van der Waals surface area contributed by atoms with Gasteiger partial charge in [-0.3, -0.25) is 4.55 Å². The van der Waals surface area contributed by atoms with Gasteiger partial charge in [-0.1, -0.05) is 103 Å². The maximum atomic E-state index is 10.5. The van der Waals surface area contributed by atoms with E-state index in [1.54, 1.807) is 0 Å². The Kier molecular flexibility index (Phi) is 20.1. The van der Waals surface area contributed by atoms with E-state index in [4.69, 9.17) is 4.55 Å². The van der Waals surface area contributed by atoms with Crippen LogP contribution in [-0.4, -0.2) is 31.8 Å². The first-order valence-electron chi connectivity index (χ1n) is 10.9. The number of unbranched alkanes of at least 4 members (excludes halogenated alkanes) is 15. The molecule has 158 valence electrons. The van der Waals surface area contributed by atoms with Gasteiger partial charge < -0.3 is 5.32 Å². The minimum Gasteiger partial charge on any atom is -0.316 e. The quantitative estimate of drug-likeness (QED) is 0.131. The lowest BCUT2D eigenvalue weighted by Gasteiger charge is -2.05. The molecule has 2 N–H and O–H groups in total. The van der Waals surface area contributed by atoms with Crippen molar-refractivity contribution in [3.63, 3.8) is 0 Å². The maximum Gasteiger partial charge on any atom is 0.319 e. The Hall–Kier alpha value is 0.220. The number of rotatable bonds is 21. The van der Waals surface area contributed by atoms with Crippen molar-refractivity contribution in [3.8, 4) is 0 Å². The zero-order valence-corrected chi connectivity index (χ0v) is 18.6. The molecule has 0 aromatic carbocycles. The molecular weight excluding hydrogens is 366 g/mol. The summed E-state index contributed by atoms with van der Waals surface area (Å²) in [6.07, 6.45) is 22.0. The highest BCUT2D eigenvalue weighted by Crippen LogP contribution is 2.13. The van der Waals surface area contributed by atoms with E-state index in [0.29, 0.717) is 23.1 Å². The lowest BCUT2D eigenvalue weighted by atomic mass is 10.0. The van der Waals surface area contributed by atoms with E-state index >= 15 is 0 Å². The molecule has 4 nitrogen and oxygen atoms in total. The van der Waals surface area contributed by atoms with E-state index in [2.05, 4.69) is 12.2 Å². The van der Waals surface area contributed by atoms with Crippen LogP contribution in [0.4, 0.5) is 0 Å². The van der Waals surface area contributed by atoms with Crippen LogP contribution in [0.15, 0.2) is 0 Å². The van der Waals surface area contributed by atoms with Crippen molar-refractivity contribution < 1.29 is 13.0 Å². The second kappa shape index (κ2) is 20.0. The molecule has 0 spiro atoms. The zero-order chi connectivity index (χ0) is 19.3. The van der Waals surface area contributed by atoms with Gasteiger partial charge in [-0.25, -0.2) is 0 Å². The lowest BCUT2D eigenvalue weighted by molar-refractivity contribution is 0.503. The van der Waals surface area contributed by atoms with Crippen LogP contribution < -0.4 is 5.32 Å². The Labute approximate surface area is 166 Å². The Morgan fingerprint density at radius 3 is 1.42 bits per heavy atom. The second-order valence-corrected chi connectivity index (χ2v) is 10.8. The molecule has 0 radical (unpaired) electrons. The SMILES string of the molecule is CCCCCCCCCCCCCCCCCCNCCSS(=O)(=O)O. The fourth-order valence-corrected chi connectivity index (χ4v) is 4.46. The zero-order valence-electron chi connectivity index (χ0n) is 17.0. The average Bonchev–Trinajstić information content (AvgIpc) is 2.59. The van der Waals surface area contributed by atoms with Gasteiger partial charge in [-0.15, -0.1) is 0 Å². The smallest absolute Gasteiger partial charge is 0.316 e. The second-order valence-electron chi connectivity index (χ2n) is 7.30. The summed E-state index contributed by atoms with van der Waals surface area (Å²) < 4.78 is 29.6. The van der Waals surface area contributed by atoms with Gasteiger partial charge in [0.05, 0.1) is 0 Å². The van der Waals surface area contributed by atoms with E-state index in [9.17, 15) is 8.42 Å². The number of hydrogen-bond donors (Lipinski definition) is 2. The average molecular weight is 410 g/mol. The fraction of sp³-hybridized carbons (Fsp3) is 1.00. The molecule has 0 bridgehead atoms. The third kappa shape index (κ3) is 24.2. The highest BCUT2D eigenvalue weighted by Gasteiger charge is 2.03. The highest BCUT2D eigenvalue weighted by atomic mass is 33.1. The van der Waals surface area contributed by atoms with E-state index in [1.807, 2.05) is 0 Å². The molecule has 0 heterocycles. The van der Waals surface area contributed by atoms with Crippen LogP contribution in [0.5, 0.6) is 0 Å². The van der Waals surface area contributed by atoms with Gasteiger partial charge in [0.2, 0.25) is 0 Å². The summed E-state index contributed by atoms with van der Waals surface area (Å²) in [7, 11) is -3.28. The molecule has 0 saturated carbocycles. The predicted octanol–water partition coefficient (Wildman–Crippen LogP) is 6.37. The molecule has 0 rings (SSSR count). The minimum absolute atomic E-state index is 0.400. The van der Waals surface area contributed by atoms with Crippen LogP contribution in [0.1, 0.15) is 110 Å². The van der Waals surface area contributed by atoms with Crippen molar-refractivity contribution >= 4 is 19.9 Å². The van der Waals surface area contributed by atoms with Gasteiger partial charge in [0.1, 0.15) is 0 Å². The van der Waals surface area contributed by atoms with Crippen molar-refractivity contribution in [1.29, 1.82) is 0 Å². The van der Waals surface area contributed by atoms with E-state index in [-0.39, 0.29) is 0 Å². The van der Waals surface area contributed by atoms with Gasteiger partial charge in [-0.05, 0) is 23.8 Å². The van der Waals surface area contributed by atoms with Crippen LogP contribution in [0, 0.1) is 0 Å². The van der Waals surface area contributed by atoms with Crippen molar-refractivity contribution in [2.75, 3.05) is 18.8 Å². The topological polar surface area (TPSA) is 66.4 Å². The summed E-state index contributed by atoms with van der Waals surface area (Å²) in [5.74, 6) is 0.400. The van der Waals surface area contributed by atoms with Gasteiger partial charge >= 0.3 is 9.15 Å². The molecular formula is C20H43NO3S2. The Morgan fingerprint density at radius 1 is 0.654 bits per heavy atom. The summed E-state index contributed by atoms with van der Waals surface area (Å²) in [6, 6.07) is 0. The maximum absolute atomic E-state index is 10.5. The van der Waals surface area contributed by atoms with Gasteiger partial charge in [-0.2, -0.15) is 8.42 Å². The van der Waals surface area contributed by atoms with Crippen LogP contribution in [0.3, 0.4) is 0 Å². The monoisotopic (exact) mass is 409 g/mol. The Balaban J connectivity index is 3.03. The summed E-state index contributed by atoms with van der Waals surface area (Å²) in [6.45, 7) is 3.84. The summed E-state index contributed by atoms with van der Waals surface area (Å²) in [4.78, 5) is 0. The third-order valence-electron chi connectivity index (χ3n) is 4.72. The molecule has 0 saturated heterocycles. The molecule has 0 aromatic heterocycles. The normalized spacial score (nSPS) is 11.9. The standard InChI is InChI=1S/C20H43NO3S2/c1-2-3-4-5-6-7-8-9-10-11-12-13-14-15-16-17-18-21-19-20-25-26(22,23)24/h21H,2-20H2,1H3,(H,22,23,24). The van der Waals surface area contributed by atoms with Crippen molar-refractivity contribution in [3.05, 3.63) is 0 Å². The molecule has 0 aliphatic carbocycles. The Bertz CT molecular complexity index is 375. The molecule has 0 aliphatic heterocycles. The van der Waals surface area contributed by atoms with Crippen LogP contribution in [0.2, 0.25) is 0 Å². The minimum atomic E-state index is -3.87. The first-order chi connectivity index (χ1) is 12.6. The fourth-order valence-electron chi connectivity index (χ4n) is 3.14.